The summed E-state index contributed by atoms with van der Waals surface area (Å²) in [6, 6.07) is 4.88. The lowest BCUT2D eigenvalue weighted by Crippen LogP contribution is -2.16. The maximum Gasteiger partial charge on any atom is 0.123 e. The van der Waals surface area contributed by atoms with Crippen LogP contribution in [-0.4, -0.2) is 11.7 Å². The Balaban J connectivity index is 3.17. The van der Waals surface area contributed by atoms with Crippen LogP contribution in [0.3, 0.4) is 0 Å². The van der Waals surface area contributed by atoms with E-state index in [2.05, 4.69) is 0 Å². The number of nitrogens with zero attached hydrogens (tertiary/aromatic N) is 1. The first-order chi connectivity index (χ1) is 6.19. The molecule has 0 bridgehead atoms. The van der Waals surface area contributed by atoms with E-state index in [4.69, 9.17) is 16.1 Å². The Morgan fingerprint density at radius 3 is 2.85 bits per heavy atom. The van der Waals surface area contributed by atoms with Gasteiger partial charge in [0.05, 0.1) is 24.3 Å². The van der Waals surface area contributed by atoms with Crippen LogP contribution >= 0.6 is 0 Å². The maximum atomic E-state index is 12.7. The minimum absolute atomic E-state index is 0.294. The molecule has 3 N–H and O–H groups in total. The highest BCUT2D eigenvalue weighted by Gasteiger charge is 2.10. The van der Waals surface area contributed by atoms with Gasteiger partial charge in [0.1, 0.15) is 5.82 Å². The summed E-state index contributed by atoms with van der Waals surface area (Å²) in [5, 5.41) is 17.4. The highest BCUT2D eigenvalue weighted by Crippen LogP contribution is 2.16. The second-order valence-corrected chi connectivity index (χ2v) is 2.63. The van der Waals surface area contributed by atoms with Gasteiger partial charge in [-0.15, -0.1) is 0 Å². The zero-order valence-corrected chi connectivity index (χ0v) is 6.87. The first kappa shape index (κ1) is 9.65. The topological polar surface area (TPSA) is 70.0 Å². The zero-order valence-electron chi connectivity index (χ0n) is 6.87. The zero-order chi connectivity index (χ0) is 9.84. The standard InChI is InChI=1S/C9H9FN2O/c10-7-2-1-6(4-11)8(3-7)9(12)5-13/h1-3,9,13H,5,12H2/t9-/m0/s1. The molecule has 0 aromatic heterocycles. The van der Waals surface area contributed by atoms with E-state index in [0.717, 1.165) is 0 Å². The van der Waals surface area contributed by atoms with Crippen LogP contribution in [0.4, 0.5) is 4.39 Å². The predicted octanol–water partition coefficient (Wildman–Crippen LogP) is 0.689. The molecule has 4 heteroatoms. The van der Waals surface area contributed by atoms with Crippen molar-refractivity contribution in [3.05, 3.63) is 35.1 Å². The third-order valence-electron chi connectivity index (χ3n) is 1.73. The summed E-state index contributed by atoms with van der Waals surface area (Å²) in [4.78, 5) is 0. The van der Waals surface area contributed by atoms with Crippen LogP contribution in [-0.2, 0) is 0 Å². The molecule has 0 amide bonds. The normalized spacial score (nSPS) is 12.2. The minimum atomic E-state index is -0.703. The van der Waals surface area contributed by atoms with Crippen LogP contribution in [0.5, 0.6) is 0 Å². The molecular formula is C9H9FN2O. The van der Waals surface area contributed by atoms with Crippen molar-refractivity contribution in [2.45, 2.75) is 6.04 Å². The third-order valence-corrected chi connectivity index (χ3v) is 1.73. The predicted molar refractivity (Wildman–Crippen MR) is 45.1 cm³/mol. The van der Waals surface area contributed by atoms with Crippen molar-refractivity contribution < 1.29 is 9.50 Å². The molecule has 0 aliphatic rings. The molecule has 0 fully saturated rings. The molecule has 0 saturated carbocycles. The van der Waals surface area contributed by atoms with E-state index < -0.39 is 11.9 Å². The molecule has 68 valence electrons. The molecule has 0 aliphatic heterocycles. The number of nitrogens with two attached hydrogens (primary N) is 1. The number of halogens is 1. The van der Waals surface area contributed by atoms with Crippen molar-refractivity contribution >= 4 is 0 Å². The molecule has 0 saturated heterocycles. The van der Waals surface area contributed by atoms with Crippen LogP contribution in [0.1, 0.15) is 17.2 Å². The maximum absolute atomic E-state index is 12.7. The van der Waals surface area contributed by atoms with Gasteiger partial charge in [0.25, 0.3) is 0 Å². The van der Waals surface area contributed by atoms with E-state index in [1.165, 1.54) is 18.2 Å². The molecule has 3 nitrogen and oxygen atoms in total. The van der Waals surface area contributed by atoms with E-state index in [0.29, 0.717) is 11.1 Å². The molecule has 0 aliphatic carbocycles. The average Bonchev–Trinajstić information content (AvgIpc) is 2.16. The second kappa shape index (κ2) is 3.99. The Hall–Kier alpha value is -1.44. The van der Waals surface area contributed by atoms with E-state index in [1.54, 1.807) is 0 Å². The number of nitriles is 1. The number of benzene rings is 1. The van der Waals surface area contributed by atoms with Gasteiger partial charge in [0, 0.05) is 0 Å². The van der Waals surface area contributed by atoms with Crippen molar-refractivity contribution in [1.29, 1.82) is 5.26 Å². The molecular weight excluding hydrogens is 171 g/mol. The van der Waals surface area contributed by atoms with Gasteiger partial charge < -0.3 is 10.8 Å². The Bertz CT molecular complexity index is 346. The summed E-state index contributed by atoms with van der Waals surface area (Å²) in [6.07, 6.45) is 0. The molecule has 0 radical (unpaired) electrons. The van der Waals surface area contributed by atoms with Gasteiger partial charge in [-0.3, -0.25) is 0 Å². The van der Waals surface area contributed by atoms with Gasteiger partial charge in [0.2, 0.25) is 0 Å². The van der Waals surface area contributed by atoms with Crippen LogP contribution < -0.4 is 5.73 Å². The highest BCUT2D eigenvalue weighted by molar-refractivity contribution is 5.39. The number of rotatable bonds is 2. The summed E-state index contributed by atoms with van der Waals surface area (Å²) >= 11 is 0. The smallest absolute Gasteiger partial charge is 0.123 e. The quantitative estimate of drug-likeness (QED) is 0.703. The van der Waals surface area contributed by atoms with E-state index in [9.17, 15) is 4.39 Å². The summed E-state index contributed by atoms with van der Waals surface area (Å²) in [7, 11) is 0. The second-order valence-electron chi connectivity index (χ2n) is 2.63. The van der Waals surface area contributed by atoms with Crippen molar-refractivity contribution in [2.75, 3.05) is 6.61 Å². The van der Waals surface area contributed by atoms with Crippen molar-refractivity contribution in [3.8, 4) is 6.07 Å². The van der Waals surface area contributed by atoms with Gasteiger partial charge in [-0.1, -0.05) is 0 Å². The lowest BCUT2D eigenvalue weighted by Gasteiger charge is -2.09. The van der Waals surface area contributed by atoms with Gasteiger partial charge in [0.15, 0.2) is 0 Å². The Labute approximate surface area is 75.2 Å². The van der Waals surface area contributed by atoms with Gasteiger partial charge in [-0.05, 0) is 23.8 Å². The molecule has 13 heavy (non-hydrogen) atoms. The fourth-order valence-corrected chi connectivity index (χ4v) is 1.04. The molecule has 1 rings (SSSR count). The lowest BCUT2D eigenvalue weighted by atomic mass is 10.0. The molecule has 1 aromatic carbocycles. The largest absolute Gasteiger partial charge is 0.394 e. The number of aliphatic hydroxyl groups is 1. The number of aliphatic hydroxyl groups excluding tert-OH is 1. The SMILES string of the molecule is N#Cc1ccc(F)cc1[C@@H](N)CO. The first-order valence-corrected chi connectivity index (χ1v) is 3.75. The monoisotopic (exact) mass is 180 g/mol. The Kier molecular flexibility index (Phi) is 2.96. The average molecular weight is 180 g/mol. The molecule has 1 aromatic rings. The summed E-state index contributed by atoms with van der Waals surface area (Å²) in [6.45, 7) is -0.307. The fourth-order valence-electron chi connectivity index (χ4n) is 1.04. The molecule has 1 atom stereocenters. The van der Waals surface area contributed by atoms with E-state index in [-0.39, 0.29) is 6.61 Å². The minimum Gasteiger partial charge on any atom is -0.394 e. The first-order valence-electron chi connectivity index (χ1n) is 3.75. The van der Waals surface area contributed by atoms with Gasteiger partial charge >= 0.3 is 0 Å². The molecule has 0 heterocycles. The van der Waals surface area contributed by atoms with Crippen molar-refractivity contribution in [2.24, 2.45) is 5.73 Å². The Morgan fingerprint density at radius 1 is 1.62 bits per heavy atom. The Morgan fingerprint density at radius 2 is 2.31 bits per heavy atom. The lowest BCUT2D eigenvalue weighted by molar-refractivity contribution is 0.267. The summed E-state index contributed by atoms with van der Waals surface area (Å²) in [5.74, 6) is -0.460. The van der Waals surface area contributed by atoms with Gasteiger partial charge in [-0.2, -0.15) is 5.26 Å². The van der Waals surface area contributed by atoms with Crippen LogP contribution in [0.15, 0.2) is 18.2 Å². The number of hydrogen-bond donors (Lipinski definition) is 2. The van der Waals surface area contributed by atoms with E-state index >= 15 is 0 Å². The third kappa shape index (κ3) is 2.02. The number of hydrogen-bond acceptors (Lipinski definition) is 3. The van der Waals surface area contributed by atoms with Crippen LogP contribution in [0.2, 0.25) is 0 Å². The van der Waals surface area contributed by atoms with Crippen LogP contribution in [0.25, 0.3) is 0 Å². The highest BCUT2D eigenvalue weighted by atomic mass is 19.1. The van der Waals surface area contributed by atoms with Gasteiger partial charge in [-0.25, -0.2) is 4.39 Å². The van der Waals surface area contributed by atoms with Crippen LogP contribution in [0, 0.1) is 17.1 Å². The summed E-state index contributed by atoms with van der Waals surface area (Å²) < 4.78 is 12.7. The summed E-state index contributed by atoms with van der Waals surface area (Å²) in [5.41, 5.74) is 6.10. The fraction of sp³-hybridized carbons (Fsp3) is 0.222. The van der Waals surface area contributed by atoms with Crippen molar-refractivity contribution in [3.63, 3.8) is 0 Å². The molecule has 0 spiro atoms. The van der Waals surface area contributed by atoms with Crippen molar-refractivity contribution in [1.82, 2.24) is 0 Å². The van der Waals surface area contributed by atoms with E-state index in [1.807, 2.05) is 6.07 Å². The molecule has 0 unspecified atom stereocenters.